The van der Waals surface area contributed by atoms with Gasteiger partial charge in [0, 0.05) is 5.69 Å². The quantitative estimate of drug-likeness (QED) is 0.639. The maximum Gasteiger partial charge on any atom is 0.337 e. The van der Waals surface area contributed by atoms with Crippen LogP contribution in [0, 0.1) is 0 Å². The summed E-state index contributed by atoms with van der Waals surface area (Å²) in [6, 6.07) is 9.41. The van der Waals surface area contributed by atoms with Crippen molar-refractivity contribution >= 4 is 11.7 Å². The van der Waals surface area contributed by atoms with Gasteiger partial charge in [0.1, 0.15) is 0 Å². The molecule has 0 unspecified atom stereocenters. The molecule has 1 aromatic carbocycles. The standard InChI is InChI=1S/C8H9N3O/c12-8-10-9-6-11(8)7-4-2-1-3-5-7/h1-5,9H,6H2,(H,10,12). The highest BCUT2D eigenvalue weighted by molar-refractivity contribution is 5.93. The number of urea groups is 1. The molecule has 0 radical (unpaired) electrons. The Morgan fingerprint density at radius 2 is 2.00 bits per heavy atom. The zero-order valence-electron chi connectivity index (χ0n) is 6.45. The van der Waals surface area contributed by atoms with Gasteiger partial charge in [-0.15, -0.1) is 0 Å². The van der Waals surface area contributed by atoms with Crippen LogP contribution in [0.1, 0.15) is 0 Å². The number of para-hydroxylation sites is 1. The van der Waals surface area contributed by atoms with Crippen molar-refractivity contribution in [2.24, 2.45) is 0 Å². The van der Waals surface area contributed by atoms with E-state index in [0.29, 0.717) is 6.67 Å². The van der Waals surface area contributed by atoms with Crippen LogP contribution in [0.15, 0.2) is 30.3 Å². The molecule has 0 bridgehead atoms. The summed E-state index contributed by atoms with van der Waals surface area (Å²) in [5, 5.41) is 0. The number of nitrogens with zero attached hydrogens (tertiary/aromatic N) is 1. The van der Waals surface area contributed by atoms with Crippen LogP contribution in [0.3, 0.4) is 0 Å². The fourth-order valence-electron chi connectivity index (χ4n) is 1.15. The molecule has 4 nitrogen and oxygen atoms in total. The van der Waals surface area contributed by atoms with Crippen LogP contribution < -0.4 is 15.8 Å². The first kappa shape index (κ1) is 7.12. The summed E-state index contributed by atoms with van der Waals surface area (Å²) in [5.74, 6) is 0. The molecule has 0 aliphatic carbocycles. The lowest BCUT2D eigenvalue weighted by molar-refractivity contribution is 0.250. The van der Waals surface area contributed by atoms with Gasteiger partial charge in [-0.1, -0.05) is 18.2 Å². The molecule has 0 atom stereocenters. The zero-order chi connectivity index (χ0) is 8.39. The highest BCUT2D eigenvalue weighted by atomic mass is 16.2. The molecule has 2 rings (SSSR count). The molecule has 4 heteroatoms. The monoisotopic (exact) mass is 163 g/mol. The van der Waals surface area contributed by atoms with E-state index in [4.69, 9.17) is 0 Å². The molecular weight excluding hydrogens is 154 g/mol. The van der Waals surface area contributed by atoms with E-state index in [1.807, 2.05) is 30.3 Å². The van der Waals surface area contributed by atoms with E-state index in [-0.39, 0.29) is 6.03 Å². The number of hydrogen-bond donors (Lipinski definition) is 2. The second kappa shape index (κ2) is 2.83. The third kappa shape index (κ3) is 1.12. The van der Waals surface area contributed by atoms with Gasteiger partial charge in [-0.25, -0.2) is 10.2 Å². The SMILES string of the molecule is O=C1NNCN1c1ccccc1. The van der Waals surface area contributed by atoms with Crippen molar-refractivity contribution < 1.29 is 4.79 Å². The van der Waals surface area contributed by atoms with Crippen molar-refractivity contribution in [2.75, 3.05) is 11.6 Å². The maximum atomic E-state index is 11.1. The van der Waals surface area contributed by atoms with Gasteiger partial charge < -0.3 is 0 Å². The van der Waals surface area contributed by atoms with E-state index in [1.165, 1.54) is 0 Å². The molecule has 1 aliphatic rings. The molecule has 1 saturated heterocycles. The van der Waals surface area contributed by atoms with Crippen LogP contribution in [0.5, 0.6) is 0 Å². The van der Waals surface area contributed by atoms with E-state index in [2.05, 4.69) is 10.9 Å². The second-order valence-electron chi connectivity index (χ2n) is 2.53. The second-order valence-corrected chi connectivity index (χ2v) is 2.53. The Morgan fingerprint density at radius 1 is 1.25 bits per heavy atom. The van der Waals surface area contributed by atoms with Crippen LogP contribution in [0.25, 0.3) is 0 Å². The highest BCUT2D eigenvalue weighted by Crippen LogP contribution is 2.13. The number of amides is 2. The van der Waals surface area contributed by atoms with Crippen LogP contribution in [0.2, 0.25) is 0 Å². The zero-order valence-corrected chi connectivity index (χ0v) is 6.45. The highest BCUT2D eigenvalue weighted by Gasteiger charge is 2.19. The lowest BCUT2D eigenvalue weighted by Gasteiger charge is -2.11. The molecule has 0 saturated carbocycles. The van der Waals surface area contributed by atoms with Crippen molar-refractivity contribution in [3.05, 3.63) is 30.3 Å². The van der Waals surface area contributed by atoms with Crippen LogP contribution in [0.4, 0.5) is 10.5 Å². The molecule has 1 heterocycles. The average molecular weight is 163 g/mol. The minimum atomic E-state index is -0.110. The summed E-state index contributed by atoms with van der Waals surface area (Å²) in [7, 11) is 0. The summed E-state index contributed by atoms with van der Waals surface area (Å²) in [5.41, 5.74) is 6.15. The predicted octanol–water partition coefficient (Wildman–Crippen LogP) is 0.678. The van der Waals surface area contributed by atoms with Gasteiger partial charge in [-0.2, -0.15) is 0 Å². The summed E-state index contributed by atoms with van der Waals surface area (Å²) < 4.78 is 0. The number of carbonyl (C=O) groups excluding carboxylic acids is 1. The van der Waals surface area contributed by atoms with Crippen molar-refractivity contribution in [1.82, 2.24) is 10.9 Å². The third-order valence-corrected chi connectivity index (χ3v) is 1.75. The van der Waals surface area contributed by atoms with E-state index < -0.39 is 0 Å². The number of hydrogen-bond acceptors (Lipinski definition) is 2. The van der Waals surface area contributed by atoms with Crippen molar-refractivity contribution in [1.29, 1.82) is 0 Å². The molecule has 62 valence electrons. The topological polar surface area (TPSA) is 44.4 Å². The third-order valence-electron chi connectivity index (χ3n) is 1.75. The summed E-state index contributed by atoms with van der Waals surface area (Å²) >= 11 is 0. The fourth-order valence-corrected chi connectivity index (χ4v) is 1.15. The summed E-state index contributed by atoms with van der Waals surface area (Å²) in [4.78, 5) is 12.8. The van der Waals surface area contributed by atoms with Crippen LogP contribution >= 0.6 is 0 Å². The molecule has 2 N–H and O–H groups in total. The Labute approximate surface area is 70.1 Å². The molecule has 2 amide bonds. The Bertz CT molecular complexity index is 286. The number of hydrazine groups is 1. The first-order chi connectivity index (χ1) is 5.88. The number of carbonyl (C=O) groups is 1. The van der Waals surface area contributed by atoms with E-state index in [1.54, 1.807) is 4.90 Å². The molecule has 0 spiro atoms. The van der Waals surface area contributed by atoms with Gasteiger partial charge in [-0.3, -0.25) is 10.3 Å². The lowest BCUT2D eigenvalue weighted by atomic mass is 10.3. The number of rotatable bonds is 1. The molecule has 0 aromatic heterocycles. The van der Waals surface area contributed by atoms with E-state index in [9.17, 15) is 4.79 Å². The summed E-state index contributed by atoms with van der Waals surface area (Å²) in [6.07, 6.45) is 0. The Kier molecular flexibility index (Phi) is 1.68. The number of anilines is 1. The molecule has 1 aromatic rings. The largest absolute Gasteiger partial charge is 0.337 e. The average Bonchev–Trinajstić information content (AvgIpc) is 2.53. The predicted molar refractivity (Wildman–Crippen MR) is 45.5 cm³/mol. The van der Waals surface area contributed by atoms with E-state index in [0.717, 1.165) is 5.69 Å². The smallest absolute Gasteiger partial charge is 0.279 e. The summed E-state index contributed by atoms with van der Waals surface area (Å²) in [6.45, 7) is 0.517. The Balaban J connectivity index is 2.25. The molecule has 1 fully saturated rings. The lowest BCUT2D eigenvalue weighted by Crippen LogP contribution is -2.28. The van der Waals surface area contributed by atoms with Gasteiger partial charge in [0.2, 0.25) is 0 Å². The first-order valence-corrected chi connectivity index (χ1v) is 3.73. The minimum Gasteiger partial charge on any atom is -0.279 e. The van der Waals surface area contributed by atoms with E-state index >= 15 is 0 Å². The normalized spacial score (nSPS) is 16.3. The van der Waals surface area contributed by atoms with Crippen molar-refractivity contribution in [3.63, 3.8) is 0 Å². The molecule has 12 heavy (non-hydrogen) atoms. The maximum absolute atomic E-state index is 11.1. The van der Waals surface area contributed by atoms with Crippen LogP contribution in [-0.2, 0) is 0 Å². The molecule has 1 aliphatic heterocycles. The van der Waals surface area contributed by atoms with Crippen LogP contribution in [-0.4, -0.2) is 12.7 Å². The van der Waals surface area contributed by atoms with Crippen molar-refractivity contribution in [3.8, 4) is 0 Å². The number of benzene rings is 1. The molecular formula is C8H9N3O. The minimum absolute atomic E-state index is 0.110. The van der Waals surface area contributed by atoms with Crippen molar-refractivity contribution in [2.45, 2.75) is 0 Å². The van der Waals surface area contributed by atoms with Gasteiger partial charge >= 0.3 is 6.03 Å². The number of nitrogens with one attached hydrogen (secondary N) is 2. The van der Waals surface area contributed by atoms with Gasteiger partial charge in [0.25, 0.3) is 0 Å². The first-order valence-electron chi connectivity index (χ1n) is 3.73. The van der Waals surface area contributed by atoms with Gasteiger partial charge in [0.15, 0.2) is 0 Å². The Hall–Kier alpha value is -1.55. The Morgan fingerprint density at radius 3 is 2.58 bits per heavy atom. The van der Waals surface area contributed by atoms with Gasteiger partial charge in [-0.05, 0) is 12.1 Å². The van der Waals surface area contributed by atoms with Gasteiger partial charge in [0.05, 0.1) is 6.67 Å². The fraction of sp³-hybridized carbons (Fsp3) is 0.125.